The molecule has 136 valence electrons. The van der Waals surface area contributed by atoms with Gasteiger partial charge in [0.2, 0.25) is 0 Å². The molecule has 0 atom stereocenters. The van der Waals surface area contributed by atoms with E-state index in [0.29, 0.717) is 31.0 Å². The Morgan fingerprint density at radius 1 is 1.38 bits per heavy atom. The van der Waals surface area contributed by atoms with E-state index in [1.807, 2.05) is 0 Å². The van der Waals surface area contributed by atoms with Crippen molar-refractivity contribution in [2.75, 3.05) is 45.9 Å². The maximum Gasteiger partial charge on any atom is 0.188 e. The van der Waals surface area contributed by atoms with E-state index in [0.717, 1.165) is 43.7 Å². The first-order valence-electron chi connectivity index (χ1n) is 7.93. The minimum absolute atomic E-state index is 0. The molecule has 0 radical (unpaired) electrons. The molecule has 8 heteroatoms. The second-order valence-corrected chi connectivity index (χ2v) is 6.40. The van der Waals surface area contributed by atoms with Gasteiger partial charge in [-0.3, -0.25) is 9.89 Å². The van der Waals surface area contributed by atoms with E-state index in [4.69, 9.17) is 10.5 Å². The summed E-state index contributed by atoms with van der Waals surface area (Å²) < 4.78 is 19.8. The highest BCUT2D eigenvalue weighted by Gasteiger charge is 2.08. The number of hydrogen-bond donors (Lipinski definition) is 2. The molecule has 0 saturated carbocycles. The summed E-state index contributed by atoms with van der Waals surface area (Å²) in [5.41, 5.74) is 6.49. The zero-order chi connectivity index (χ0) is 16.5. The van der Waals surface area contributed by atoms with Crippen molar-refractivity contribution in [2.24, 2.45) is 10.7 Å². The second-order valence-electron chi connectivity index (χ2n) is 5.49. The summed E-state index contributed by atoms with van der Waals surface area (Å²) in [7, 11) is 0. The summed E-state index contributed by atoms with van der Waals surface area (Å²) in [5, 5.41) is 3.03. The molecule has 1 aromatic carbocycles. The molecule has 0 amide bonds. The van der Waals surface area contributed by atoms with Crippen molar-refractivity contribution in [3.8, 4) is 0 Å². The van der Waals surface area contributed by atoms with Crippen LogP contribution < -0.4 is 11.1 Å². The molecule has 1 aliphatic rings. The predicted octanol–water partition coefficient (Wildman–Crippen LogP) is 2.38. The van der Waals surface area contributed by atoms with Crippen LogP contribution in [0.2, 0.25) is 0 Å². The summed E-state index contributed by atoms with van der Waals surface area (Å²) in [6.07, 6.45) is 1.54. The molecular formula is C16H25BrFIN4O. The topological polar surface area (TPSA) is 62.9 Å². The summed E-state index contributed by atoms with van der Waals surface area (Å²) in [6.45, 7) is 5.90. The molecule has 3 N–H and O–H groups in total. The normalized spacial score (nSPS) is 15.8. The van der Waals surface area contributed by atoms with E-state index in [-0.39, 0.29) is 29.8 Å². The lowest BCUT2D eigenvalue weighted by Crippen LogP contribution is -2.37. The number of rotatable bonds is 7. The number of benzene rings is 1. The van der Waals surface area contributed by atoms with E-state index in [1.54, 1.807) is 12.1 Å². The molecule has 0 aliphatic carbocycles. The minimum Gasteiger partial charge on any atom is -0.379 e. The number of nitrogens with zero attached hydrogens (tertiary/aromatic N) is 2. The number of ether oxygens (including phenoxy) is 1. The third-order valence-electron chi connectivity index (χ3n) is 3.73. The van der Waals surface area contributed by atoms with Crippen LogP contribution in [0.4, 0.5) is 4.39 Å². The number of nitrogens with two attached hydrogens (primary N) is 1. The average Bonchev–Trinajstić information content (AvgIpc) is 2.56. The monoisotopic (exact) mass is 514 g/mol. The first kappa shape index (κ1) is 21.6. The number of aliphatic imine (C=N–C) groups is 1. The lowest BCUT2D eigenvalue weighted by molar-refractivity contribution is 0.0377. The van der Waals surface area contributed by atoms with Gasteiger partial charge < -0.3 is 15.8 Å². The SMILES string of the molecule is I.NC(=NCCCN1CCOCC1)NCCc1cc(Br)ccc1F. The third kappa shape index (κ3) is 8.09. The molecule has 0 aromatic heterocycles. The van der Waals surface area contributed by atoms with Crippen LogP contribution in [-0.2, 0) is 11.2 Å². The molecular weight excluding hydrogens is 490 g/mol. The first-order chi connectivity index (χ1) is 11.1. The highest BCUT2D eigenvalue weighted by Crippen LogP contribution is 2.15. The van der Waals surface area contributed by atoms with E-state index in [2.05, 4.69) is 31.1 Å². The Morgan fingerprint density at radius 2 is 2.12 bits per heavy atom. The van der Waals surface area contributed by atoms with E-state index >= 15 is 0 Å². The van der Waals surface area contributed by atoms with Gasteiger partial charge in [0.25, 0.3) is 0 Å². The molecule has 5 nitrogen and oxygen atoms in total. The van der Waals surface area contributed by atoms with E-state index < -0.39 is 0 Å². The third-order valence-corrected chi connectivity index (χ3v) is 4.22. The molecule has 1 fully saturated rings. The van der Waals surface area contributed by atoms with Crippen molar-refractivity contribution >= 4 is 45.9 Å². The summed E-state index contributed by atoms with van der Waals surface area (Å²) in [4.78, 5) is 6.68. The maximum atomic E-state index is 13.6. The lowest BCUT2D eigenvalue weighted by atomic mass is 10.1. The van der Waals surface area contributed by atoms with Crippen LogP contribution in [0.1, 0.15) is 12.0 Å². The fraction of sp³-hybridized carbons (Fsp3) is 0.562. The Bertz CT molecular complexity index is 527. The molecule has 1 aromatic rings. The predicted molar refractivity (Wildman–Crippen MR) is 110 cm³/mol. The summed E-state index contributed by atoms with van der Waals surface area (Å²) in [6, 6.07) is 4.94. The molecule has 2 rings (SSSR count). The standard InChI is InChI=1S/C16H24BrFN4O.HI/c17-14-2-3-15(18)13(12-14)4-6-21-16(19)20-5-1-7-22-8-10-23-11-9-22;/h2-3,12H,1,4-11H2,(H3,19,20,21);1H. The lowest BCUT2D eigenvalue weighted by Gasteiger charge is -2.26. The van der Waals surface area contributed by atoms with Crippen LogP contribution in [0.3, 0.4) is 0 Å². The number of morpholine rings is 1. The van der Waals surface area contributed by atoms with Crippen LogP contribution in [0.25, 0.3) is 0 Å². The van der Waals surface area contributed by atoms with Gasteiger partial charge in [-0.15, -0.1) is 24.0 Å². The van der Waals surface area contributed by atoms with Crippen molar-refractivity contribution < 1.29 is 9.13 Å². The van der Waals surface area contributed by atoms with Crippen LogP contribution in [0.15, 0.2) is 27.7 Å². The maximum absolute atomic E-state index is 13.6. The molecule has 0 unspecified atom stereocenters. The quantitative estimate of drug-likeness (QED) is 0.254. The zero-order valence-corrected chi connectivity index (χ0v) is 17.6. The Morgan fingerprint density at radius 3 is 2.88 bits per heavy atom. The molecule has 1 saturated heterocycles. The molecule has 1 aliphatic heterocycles. The Balaban J connectivity index is 0.00000288. The van der Waals surface area contributed by atoms with Gasteiger partial charge in [0.1, 0.15) is 5.82 Å². The Labute approximate surface area is 168 Å². The molecule has 0 bridgehead atoms. The number of halogens is 3. The highest BCUT2D eigenvalue weighted by molar-refractivity contribution is 14.0. The number of nitrogens with one attached hydrogen (secondary N) is 1. The minimum atomic E-state index is -0.198. The summed E-state index contributed by atoms with van der Waals surface area (Å²) in [5.74, 6) is 0.221. The van der Waals surface area contributed by atoms with Gasteiger partial charge in [0, 0.05) is 37.2 Å². The molecule has 1 heterocycles. The van der Waals surface area contributed by atoms with Gasteiger partial charge in [-0.05, 0) is 36.6 Å². The zero-order valence-electron chi connectivity index (χ0n) is 13.6. The van der Waals surface area contributed by atoms with Gasteiger partial charge in [0.05, 0.1) is 13.2 Å². The summed E-state index contributed by atoms with van der Waals surface area (Å²) >= 11 is 3.34. The second kappa shape index (κ2) is 12.0. The Kier molecular flexibility index (Phi) is 10.8. The molecule has 24 heavy (non-hydrogen) atoms. The average molecular weight is 515 g/mol. The van der Waals surface area contributed by atoms with Crippen molar-refractivity contribution in [3.05, 3.63) is 34.1 Å². The molecule has 0 spiro atoms. The fourth-order valence-corrected chi connectivity index (χ4v) is 2.84. The Hall–Kier alpha value is -0.450. The van der Waals surface area contributed by atoms with Crippen molar-refractivity contribution in [1.29, 1.82) is 0 Å². The van der Waals surface area contributed by atoms with E-state index in [9.17, 15) is 4.39 Å². The van der Waals surface area contributed by atoms with Gasteiger partial charge >= 0.3 is 0 Å². The number of hydrogen-bond acceptors (Lipinski definition) is 3. The highest BCUT2D eigenvalue weighted by atomic mass is 127. The fourth-order valence-electron chi connectivity index (χ4n) is 2.43. The van der Waals surface area contributed by atoms with Gasteiger partial charge in [-0.1, -0.05) is 15.9 Å². The van der Waals surface area contributed by atoms with E-state index in [1.165, 1.54) is 6.07 Å². The smallest absolute Gasteiger partial charge is 0.188 e. The van der Waals surface area contributed by atoms with Crippen molar-refractivity contribution in [1.82, 2.24) is 10.2 Å². The van der Waals surface area contributed by atoms with Crippen molar-refractivity contribution in [3.63, 3.8) is 0 Å². The number of guanidine groups is 1. The van der Waals surface area contributed by atoms with Crippen molar-refractivity contribution in [2.45, 2.75) is 12.8 Å². The van der Waals surface area contributed by atoms with Gasteiger partial charge in [-0.25, -0.2) is 4.39 Å². The van der Waals surface area contributed by atoms with Crippen LogP contribution >= 0.6 is 39.9 Å². The first-order valence-corrected chi connectivity index (χ1v) is 8.72. The van der Waals surface area contributed by atoms with Gasteiger partial charge in [0.15, 0.2) is 5.96 Å². The van der Waals surface area contributed by atoms with Crippen LogP contribution in [0, 0.1) is 5.82 Å². The van der Waals surface area contributed by atoms with Crippen LogP contribution in [0.5, 0.6) is 0 Å². The van der Waals surface area contributed by atoms with Gasteiger partial charge in [-0.2, -0.15) is 0 Å². The van der Waals surface area contributed by atoms with Crippen LogP contribution in [-0.4, -0.2) is 56.8 Å². The largest absolute Gasteiger partial charge is 0.379 e.